The molecule has 0 aromatic rings. The van der Waals surface area contributed by atoms with Crippen LogP contribution in [0.5, 0.6) is 0 Å². The Morgan fingerprint density at radius 1 is 1.28 bits per heavy atom. The van der Waals surface area contributed by atoms with E-state index in [1.54, 1.807) is 0 Å². The molecule has 0 radical (unpaired) electrons. The Morgan fingerprint density at radius 2 is 2.00 bits per heavy atom. The SMILES string of the molecule is CCC1CCCC(OCC(C)(C)CNC(C)C)C1. The van der Waals surface area contributed by atoms with Crippen LogP contribution in [0.2, 0.25) is 0 Å². The highest BCUT2D eigenvalue weighted by Gasteiger charge is 2.25. The van der Waals surface area contributed by atoms with Crippen LogP contribution >= 0.6 is 0 Å². The smallest absolute Gasteiger partial charge is 0.0578 e. The monoisotopic (exact) mass is 255 g/mol. The quantitative estimate of drug-likeness (QED) is 0.742. The third-order valence-electron chi connectivity index (χ3n) is 4.01. The van der Waals surface area contributed by atoms with Crippen LogP contribution in [0.15, 0.2) is 0 Å². The van der Waals surface area contributed by atoms with Crippen molar-refractivity contribution in [2.24, 2.45) is 11.3 Å². The van der Waals surface area contributed by atoms with Crippen molar-refractivity contribution in [3.8, 4) is 0 Å². The van der Waals surface area contributed by atoms with Gasteiger partial charge in [0.05, 0.1) is 12.7 Å². The van der Waals surface area contributed by atoms with Crippen LogP contribution in [-0.4, -0.2) is 25.3 Å². The van der Waals surface area contributed by atoms with E-state index in [1.807, 2.05) is 0 Å². The summed E-state index contributed by atoms with van der Waals surface area (Å²) in [6, 6.07) is 0.559. The van der Waals surface area contributed by atoms with Crippen molar-refractivity contribution in [3.63, 3.8) is 0 Å². The minimum atomic E-state index is 0.240. The number of hydrogen-bond acceptors (Lipinski definition) is 2. The molecular formula is C16H33NO. The molecule has 2 atom stereocenters. The summed E-state index contributed by atoms with van der Waals surface area (Å²) < 4.78 is 6.17. The third kappa shape index (κ3) is 6.19. The summed E-state index contributed by atoms with van der Waals surface area (Å²) in [5, 5.41) is 3.51. The topological polar surface area (TPSA) is 21.3 Å². The van der Waals surface area contributed by atoms with E-state index in [0.717, 1.165) is 19.1 Å². The molecular weight excluding hydrogens is 222 g/mol. The molecule has 0 aromatic carbocycles. The molecule has 0 amide bonds. The first kappa shape index (κ1) is 16.0. The fraction of sp³-hybridized carbons (Fsp3) is 1.00. The molecule has 108 valence electrons. The Bertz CT molecular complexity index is 225. The predicted octanol–water partition coefficient (Wildman–Crippen LogP) is 4.00. The van der Waals surface area contributed by atoms with Gasteiger partial charge in [0.1, 0.15) is 0 Å². The summed E-state index contributed by atoms with van der Waals surface area (Å²) in [7, 11) is 0. The predicted molar refractivity (Wildman–Crippen MR) is 78.9 cm³/mol. The van der Waals surface area contributed by atoms with Crippen molar-refractivity contribution in [1.82, 2.24) is 5.32 Å². The summed E-state index contributed by atoms with van der Waals surface area (Å²) >= 11 is 0. The Morgan fingerprint density at radius 3 is 2.61 bits per heavy atom. The van der Waals surface area contributed by atoms with E-state index in [0.29, 0.717) is 12.1 Å². The van der Waals surface area contributed by atoms with Gasteiger partial charge in [-0.25, -0.2) is 0 Å². The first-order chi connectivity index (χ1) is 8.43. The van der Waals surface area contributed by atoms with Gasteiger partial charge in [-0.2, -0.15) is 0 Å². The number of hydrogen-bond donors (Lipinski definition) is 1. The van der Waals surface area contributed by atoms with Crippen LogP contribution in [-0.2, 0) is 4.74 Å². The minimum absolute atomic E-state index is 0.240. The van der Waals surface area contributed by atoms with Gasteiger partial charge in [-0.3, -0.25) is 0 Å². The molecule has 1 aliphatic carbocycles. The van der Waals surface area contributed by atoms with Gasteiger partial charge in [0, 0.05) is 18.0 Å². The van der Waals surface area contributed by atoms with Gasteiger partial charge in [-0.15, -0.1) is 0 Å². The van der Waals surface area contributed by atoms with Crippen molar-refractivity contribution >= 4 is 0 Å². The lowest BCUT2D eigenvalue weighted by Gasteiger charge is -2.32. The second kappa shape index (κ2) is 7.49. The number of rotatable bonds is 7. The lowest BCUT2D eigenvalue weighted by atomic mass is 9.85. The molecule has 0 saturated heterocycles. The van der Waals surface area contributed by atoms with Crippen molar-refractivity contribution in [1.29, 1.82) is 0 Å². The second-order valence-corrected chi connectivity index (χ2v) is 7.07. The summed E-state index contributed by atoms with van der Waals surface area (Å²) in [6.45, 7) is 13.2. The fourth-order valence-corrected chi connectivity index (χ4v) is 2.64. The van der Waals surface area contributed by atoms with Gasteiger partial charge >= 0.3 is 0 Å². The second-order valence-electron chi connectivity index (χ2n) is 7.07. The standard InChI is InChI=1S/C16H33NO/c1-6-14-8-7-9-15(10-14)18-12-16(4,5)11-17-13(2)3/h13-15,17H,6-12H2,1-5H3. The molecule has 1 fully saturated rings. The Hall–Kier alpha value is -0.0800. The highest BCUT2D eigenvalue weighted by atomic mass is 16.5. The van der Waals surface area contributed by atoms with Crippen molar-refractivity contribution in [2.45, 2.75) is 78.9 Å². The molecule has 2 heteroatoms. The maximum atomic E-state index is 6.17. The lowest BCUT2D eigenvalue weighted by Crippen LogP contribution is -2.38. The summed E-state index contributed by atoms with van der Waals surface area (Å²) in [4.78, 5) is 0. The number of ether oxygens (including phenoxy) is 1. The van der Waals surface area contributed by atoms with Gasteiger partial charge in [-0.05, 0) is 18.8 Å². The molecule has 18 heavy (non-hydrogen) atoms. The molecule has 1 rings (SSSR count). The van der Waals surface area contributed by atoms with Gasteiger partial charge in [0.15, 0.2) is 0 Å². The van der Waals surface area contributed by atoms with E-state index in [2.05, 4.69) is 39.9 Å². The van der Waals surface area contributed by atoms with E-state index in [-0.39, 0.29) is 5.41 Å². The fourth-order valence-electron chi connectivity index (χ4n) is 2.64. The molecule has 1 saturated carbocycles. The normalized spacial score (nSPS) is 25.7. The molecule has 0 aromatic heterocycles. The molecule has 1 aliphatic rings. The van der Waals surface area contributed by atoms with E-state index >= 15 is 0 Å². The van der Waals surface area contributed by atoms with E-state index < -0.39 is 0 Å². The molecule has 0 heterocycles. The highest BCUT2D eigenvalue weighted by Crippen LogP contribution is 2.29. The zero-order chi connectivity index (χ0) is 13.6. The van der Waals surface area contributed by atoms with Crippen LogP contribution < -0.4 is 5.32 Å². The van der Waals surface area contributed by atoms with Crippen molar-refractivity contribution in [2.75, 3.05) is 13.2 Å². The highest BCUT2D eigenvalue weighted by molar-refractivity contribution is 4.76. The summed E-state index contributed by atoms with van der Waals surface area (Å²) in [6.07, 6.45) is 7.15. The van der Waals surface area contributed by atoms with Crippen LogP contribution in [0.4, 0.5) is 0 Å². The van der Waals surface area contributed by atoms with Crippen LogP contribution in [0.3, 0.4) is 0 Å². The maximum Gasteiger partial charge on any atom is 0.0578 e. The lowest BCUT2D eigenvalue weighted by molar-refractivity contribution is -0.0258. The molecule has 2 nitrogen and oxygen atoms in total. The molecule has 2 unspecified atom stereocenters. The molecule has 1 N–H and O–H groups in total. The van der Waals surface area contributed by atoms with Gasteiger partial charge in [-0.1, -0.05) is 53.9 Å². The van der Waals surface area contributed by atoms with Gasteiger partial charge in [0.2, 0.25) is 0 Å². The minimum Gasteiger partial charge on any atom is -0.378 e. The van der Waals surface area contributed by atoms with E-state index in [1.165, 1.54) is 32.1 Å². The first-order valence-electron chi connectivity index (χ1n) is 7.78. The van der Waals surface area contributed by atoms with Crippen LogP contribution in [0.25, 0.3) is 0 Å². The van der Waals surface area contributed by atoms with Crippen molar-refractivity contribution < 1.29 is 4.74 Å². The average molecular weight is 255 g/mol. The largest absolute Gasteiger partial charge is 0.378 e. The number of nitrogens with one attached hydrogen (secondary N) is 1. The zero-order valence-electron chi connectivity index (χ0n) is 13.1. The third-order valence-corrected chi connectivity index (χ3v) is 4.01. The maximum absolute atomic E-state index is 6.17. The average Bonchev–Trinajstić information content (AvgIpc) is 2.35. The van der Waals surface area contributed by atoms with E-state index in [9.17, 15) is 0 Å². The Labute approximate surface area is 114 Å². The van der Waals surface area contributed by atoms with Crippen LogP contribution in [0.1, 0.15) is 66.7 Å². The molecule has 0 bridgehead atoms. The molecule has 0 aliphatic heterocycles. The van der Waals surface area contributed by atoms with Crippen molar-refractivity contribution in [3.05, 3.63) is 0 Å². The first-order valence-corrected chi connectivity index (χ1v) is 7.78. The van der Waals surface area contributed by atoms with Gasteiger partial charge in [0.25, 0.3) is 0 Å². The summed E-state index contributed by atoms with van der Waals surface area (Å²) in [5.74, 6) is 0.903. The summed E-state index contributed by atoms with van der Waals surface area (Å²) in [5.41, 5.74) is 0.240. The van der Waals surface area contributed by atoms with Gasteiger partial charge < -0.3 is 10.1 Å². The zero-order valence-corrected chi connectivity index (χ0v) is 13.1. The Balaban J connectivity index is 2.25. The van der Waals surface area contributed by atoms with E-state index in [4.69, 9.17) is 4.74 Å². The van der Waals surface area contributed by atoms with Crippen LogP contribution in [0, 0.1) is 11.3 Å². The molecule has 0 spiro atoms. The Kier molecular flexibility index (Phi) is 6.65.